The Hall–Kier alpha value is -0.990. The third-order valence-corrected chi connectivity index (χ3v) is 1.60. The van der Waals surface area contributed by atoms with Gasteiger partial charge in [0.15, 0.2) is 0 Å². The molecule has 1 heterocycles. The van der Waals surface area contributed by atoms with Crippen LogP contribution < -0.4 is 10.6 Å². The van der Waals surface area contributed by atoms with Gasteiger partial charge in [0.05, 0.1) is 6.04 Å². The van der Waals surface area contributed by atoms with Crippen LogP contribution in [0.4, 0.5) is 4.79 Å². The van der Waals surface area contributed by atoms with Gasteiger partial charge in [0.2, 0.25) is 0 Å². The lowest BCUT2D eigenvalue weighted by Gasteiger charge is -2.12. The van der Waals surface area contributed by atoms with Crippen molar-refractivity contribution in [3.05, 3.63) is 12.3 Å². The summed E-state index contributed by atoms with van der Waals surface area (Å²) in [6.45, 7) is 7.80. The first-order chi connectivity index (χ1) is 4.61. The predicted octanol–water partition coefficient (Wildman–Crippen LogP) is 0.838. The summed E-state index contributed by atoms with van der Waals surface area (Å²) in [6, 6.07) is -0.0313. The molecule has 0 aromatic rings. The van der Waals surface area contributed by atoms with Crippen LogP contribution in [0.25, 0.3) is 0 Å². The molecule has 10 heavy (non-hydrogen) atoms. The van der Waals surface area contributed by atoms with Crippen molar-refractivity contribution < 1.29 is 4.79 Å². The molecule has 0 radical (unpaired) electrons. The molecule has 0 spiro atoms. The quantitative estimate of drug-likeness (QED) is 0.556. The van der Waals surface area contributed by atoms with Gasteiger partial charge in [0.1, 0.15) is 0 Å². The third-order valence-electron chi connectivity index (χ3n) is 1.60. The highest BCUT2D eigenvalue weighted by atomic mass is 16.2. The van der Waals surface area contributed by atoms with Crippen LogP contribution >= 0.6 is 0 Å². The van der Waals surface area contributed by atoms with E-state index < -0.39 is 0 Å². The highest BCUT2D eigenvalue weighted by molar-refractivity contribution is 5.80. The minimum atomic E-state index is -0.135. The van der Waals surface area contributed by atoms with E-state index in [1.165, 1.54) is 0 Å². The van der Waals surface area contributed by atoms with E-state index in [0.717, 1.165) is 5.70 Å². The zero-order chi connectivity index (χ0) is 7.72. The molecule has 0 aliphatic carbocycles. The summed E-state index contributed by atoms with van der Waals surface area (Å²) in [4.78, 5) is 10.7. The first-order valence-electron chi connectivity index (χ1n) is 3.37. The van der Waals surface area contributed by atoms with Gasteiger partial charge >= 0.3 is 6.03 Å². The number of carbonyl (C=O) groups excluding carboxylic acids is 1. The first-order valence-corrected chi connectivity index (χ1v) is 3.37. The highest BCUT2D eigenvalue weighted by Gasteiger charge is 2.26. The van der Waals surface area contributed by atoms with E-state index in [0.29, 0.717) is 5.92 Å². The number of nitrogens with one attached hydrogen (secondary N) is 2. The van der Waals surface area contributed by atoms with E-state index in [2.05, 4.69) is 17.2 Å². The number of rotatable bonds is 1. The molecule has 1 aliphatic rings. The fraction of sp³-hybridized carbons (Fsp3) is 0.571. The second-order valence-corrected chi connectivity index (χ2v) is 2.85. The van der Waals surface area contributed by atoms with E-state index in [1.807, 2.05) is 13.8 Å². The molecule has 1 atom stereocenters. The van der Waals surface area contributed by atoms with Gasteiger partial charge in [-0.3, -0.25) is 0 Å². The molecule has 56 valence electrons. The van der Waals surface area contributed by atoms with Crippen LogP contribution in [0.3, 0.4) is 0 Å². The summed E-state index contributed by atoms with van der Waals surface area (Å²) in [5.74, 6) is 0.409. The normalized spacial score (nSPS) is 24.9. The smallest absolute Gasteiger partial charge is 0.319 e. The van der Waals surface area contributed by atoms with E-state index in [9.17, 15) is 4.79 Å². The SMILES string of the molecule is C=C1NC(=O)NC1C(C)C. The Labute approximate surface area is 60.5 Å². The minimum absolute atomic E-state index is 0.104. The summed E-state index contributed by atoms with van der Waals surface area (Å²) in [6.07, 6.45) is 0. The largest absolute Gasteiger partial charge is 0.329 e. The molecule has 1 fully saturated rings. The summed E-state index contributed by atoms with van der Waals surface area (Å²) < 4.78 is 0. The van der Waals surface area contributed by atoms with Crippen LogP contribution in [0.1, 0.15) is 13.8 Å². The monoisotopic (exact) mass is 140 g/mol. The first kappa shape index (κ1) is 7.12. The second-order valence-electron chi connectivity index (χ2n) is 2.85. The van der Waals surface area contributed by atoms with Crippen LogP contribution in [-0.4, -0.2) is 12.1 Å². The molecular weight excluding hydrogens is 128 g/mol. The molecule has 3 nitrogen and oxygen atoms in total. The van der Waals surface area contributed by atoms with Crippen molar-refractivity contribution in [3.63, 3.8) is 0 Å². The van der Waals surface area contributed by atoms with Gasteiger partial charge in [-0.15, -0.1) is 0 Å². The Morgan fingerprint density at radius 3 is 2.40 bits per heavy atom. The zero-order valence-corrected chi connectivity index (χ0v) is 6.27. The Morgan fingerprint density at radius 1 is 1.60 bits per heavy atom. The number of urea groups is 1. The molecule has 1 rings (SSSR count). The molecule has 2 N–H and O–H groups in total. The third kappa shape index (κ3) is 1.12. The molecule has 0 saturated carbocycles. The molecular formula is C7H12N2O. The maximum Gasteiger partial charge on any atom is 0.319 e. The van der Waals surface area contributed by atoms with Gasteiger partial charge in [-0.2, -0.15) is 0 Å². The summed E-state index contributed by atoms with van der Waals surface area (Å²) in [5, 5.41) is 5.36. The van der Waals surface area contributed by atoms with Gasteiger partial charge in [0.25, 0.3) is 0 Å². The molecule has 1 saturated heterocycles. The Balaban J connectivity index is 2.63. The number of hydrogen-bond donors (Lipinski definition) is 2. The fourth-order valence-electron chi connectivity index (χ4n) is 1.06. The van der Waals surface area contributed by atoms with Crippen LogP contribution in [0.5, 0.6) is 0 Å². The molecule has 0 aromatic carbocycles. The standard InChI is InChI=1S/C7H12N2O/c1-4(2)6-5(3)8-7(10)9-6/h4,6H,3H2,1-2H3,(H2,8,9,10). The Morgan fingerprint density at radius 2 is 2.20 bits per heavy atom. The Kier molecular flexibility index (Phi) is 1.66. The van der Waals surface area contributed by atoms with Crippen molar-refractivity contribution in [2.45, 2.75) is 19.9 Å². The average molecular weight is 140 g/mol. The molecule has 1 aliphatic heterocycles. The van der Waals surface area contributed by atoms with Crippen LogP contribution in [0.2, 0.25) is 0 Å². The fourth-order valence-corrected chi connectivity index (χ4v) is 1.06. The van der Waals surface area contributed by atoms with E-state index >= 15 is 0 Å². The van der Waals surface area contributed by atoms with Gasteiger partial charge < -0.3 is 10.6 Å². The molecule has 3 heteroatoms. The highest BCUT2D eigenvalue weighted by Crippen LogP contribution is 2.11. The lowest BCUT2D eigenvalue weighted by atomic mass is 10.0. The number of hydrogen-bond acceptors (Lipinski definition) is 1. The lowest BCUT2D eigenvalue weighted by Crippen LogP contribution is -2.30. The summed E-state index contributed by atoms with van der Waals surface area (Å²) >= 11 is 0. The van der Waals surface area contributed by atoms with Crippen molar-refractivity contribution in [1.29, 1.82) is 0 Å². The maximum atomic E-state index is 10.7. The van der Waals surface area contributed by atoms with Crippen LogP contribution in [-0.2, 0) is 0 Å². The van der Waals surface area contributed by atoms with Gasteiger partial charge in [-0.25, -0.2) is 4.79 Å². The van der Waals surface area contributed by atoms with Crippen molar-refractivity contribution in [1.82, 2.24) is 10.6 Å². The zero-order valence-electron chi connectivity index (χ0n) is 6.27. The maximum absolute atomic E-state index is 10.7. The predicted molar refractivity (Wildman–Crippen MR) is 39.4 cm³/mol. The number of amides is 2. The molecule has 1 unspecified atom stereocenters. The van der Waals surface area contributed by atoms with Gasteiger partial charge in [0, 0.05) is 5.70 Å². The summed E-state index contributed by atoms with van der Waals surface area (Å²) in [5.41, 5.74) is 0.778. The molecule has 2 amide bonds. The van der Waals surface area contributed by atoms with E-state index in [4.69, 9.17) is 0 Å². The van der Waals surface area contributed by atoms with E-state index in [-0.39, 0.29) is 12.1 Å². The van der Waals surface area contributed by atoms with Crippen molar-refractivity contribution in [2.24, 2.45) is 5.92 Å². The number of carbonyl (C=O) groups is 1. The van der Waals surface area contributed by atoms with Crippen molar-refractivity contribution >= 4 is 6.03 Å². The minimum Gasteiger partial charge on any atom is -0.329 e. The van der Waals surface area contributed by atoms with Crippen LogP contribution in [0.15, 0.2) is 12.3 Å². The lowest BCUT2D eigenvalue weighted by molar-refractivity contribution is 0.246. The topological polar surface area (TPSA) is 41.1 Å². The van der Waals surface area contributed by atoms with Gasteiger partial charge in [-0.1, -0.05) is 20.4 Å². The van der Waals surface area contributed by atoms with Crippen LogP contribution in [0, 0.1) is 5.92 Å². The van der Waals surface area contributed by atoms with Crippen molar-refractivity contribution in [2.75, 3.05) is 0 Å². The second kappa shape index (κ2) is 2.33. The average Bonchev–Trinajstić information content (AvgIpc) is 2.10. The van der Waals surface area contributed by atoms with Gasteiger partial charge in [-0.05, 0) is 5.92 Å². The molecule has 0 bridgehead atoms. The summed E-state index contributed by atoms with van der Waals surface area (Å²) in [7, 11) is 0. The molecule has 0 aromatic heterocycles. The Bertz CT molecular complexity index is 174. The van der Waals surface area contributed by atoms with E-state index in [1.54, 1.807) is 0 Å². The van der Waals surface area contributed by atoms with Crippen molar-refractivity contribution in [3.8, 4) is 0 Å².